The minimum Gasteiger partial charge on any atom is -0.348 e. The van der Waals surface area contributed by atoms with Crippen molar-refractivity contribution in [2.75, 3.05) is 0 Å². The second-order valence-corrected chi connectivity index (χ2v) is 6.68. The molecule has 0 unspecified atom stereocenters. The molecule has 3 aromatic rings. The van der Waals surface area contributed by atoms with Gasteiger partial charge < -0.3 is 10.3 Å². The summed E-state index contributed by atoms with van der Waals surface area (Å²) in [6.45, 7) is 2.44. The van der Waals surface area contributed by atoms with Crippen molar-refractivity contribution in [3.05, 3.63) is 90.4 Å². The summed E-state index contributed by atoms with van der Waals surface area (Å²) in [5.41, 5.74) is 0.852. The molecule has 6 nitrogen and oxygen atoms in total. The first kappa shape index (κ1) is 16.9. The van der Waals surface area contributed by atoms with Crippen LogP contribution in [0.2, 0.25) is 0 Å². The zero-order valence-electron chi connectivity index (χ0n) is 13.6. The third-order valence-corrected chi connectivity index (χ3v) is 4.63. The van der Waals surface area contributed by atoms with Crippen LogP contribution in [0.4, 0.5) is 0 Å². The van der Waals surface area contributed by atoms with Crippen LogP contribution >= 0.6 is 11.3 Å². The van der Waals surface area contributed by atoms with Crippen molar-refractivity contribution in [1.82, 2.24) is 14.9 Å². The molecule has 0 bridgehead atoms. The maximum absolute atomic E-state index is 12.5. The number of carbonyl (C=O) groups is 1. The Morgan fingerprint density at radius 2 is 1.96 bits per heavy atom. The topological polar surface area (TPSA) is 84.0 Å². The summed E-state index contributed by atoms with van der Waals surface area (Å²) in [7, 11) is 0. The summed E-state index contributed by atoms with van der Waals surface area (Å²) in [6, 6.07) is 11.4. The van der Waals surface area contributed by atoms with E-state index in [1.165, 1.54) is 17.5 Å². The standard InChI is InChI=1S/C18H17N3O3S/c1-12-4-6-13(7-5-12)9-19-16(22)15-10-20-18(24)21(17(15)23)11-14-3-2-8-25-14/h2-8,10H,9,11H2,1H3,(H,19,22)(H,20,24). The Morgan fingerprint density at radius 3 is 2.64 bits per heavy atom. The average Bonchev–Trinajstić information content (AvgIpc) is 3.11. The molecule has 0 saturated carbocycles. The lowest BCUT2D eigenvalue weighted by Gasteiger charge is -2.08. The molecule has 0 spiro atoms. The molecular weight excluding hydrogens is 338 g/mol. The molecule has 0 aliphatic rings. The van der Waals surface area contributed by atoms with Crippen LogP contribution in [-0.2, 0) is 13.1 Å². The van der Waals surface area contributed by atoms with E-state index in [-0.39, 0.29) is 12.1 Å². The number of hydrogen-bond donors (Lipinski definition) is 2. The Hall–Kier alpha value is -2.93. The predicted octanol–water partition coefficient (Wildman–Crippen LogP) is 1.88. The van der Waals surface area contributed by atoms with Crippen molar-refractivity contribution in [3.8, 4) is 0 Å². The highest BCUT2D eigenvalue weighted by molar-refractivity contribution is 7.09. The maximum atomic E-state index is 12.5. The van der Waals surface area contributed by atoms with Gasteiger partial charge in [-0.1, -0.05) is 35.9 Å². The molecule has 2 heterocycles. The molecule has 0 aliphatic carbocycles. The first-order valence-electron chi connectivity index (χ1n) is 7.73. The smallest absolute Gasteiger partial charge is 0.328 e. The summed E-state index contributed by atoms with van der Waals surface area (Å²) in [4.78, 5) is 40.1. The van der Waals surface area contributed by atoms with Gasteiger partial charge in [0.2, 0.25) is 0 Å². The zero-order valence-corrected chi connectivity index (χ0v) is 14.4. The number of nitrogens with one attached hydrogen (secondary N) is 2. The van der Waals surface area contributed by atoms with Crippen molar-refractivity contribution in [2.45, 2.75) is 20.0 Å². The number of amides is 1. The number of aromatic amines is 1. The minimum atomic E-state index is -0.599. The molecule has 0 atom stereocenters. The number of benzene rings is 1. The molecule has 2 N–H and O–H groups in total. The van der Waals surface area contributed by atoms with Crippen LogP contribution in [0.3, 0.4) is 0 Å². The highest BCUT2D eigenvalue weighted by Gasteiger charge is 2.15. The monoisotopic (exact) mass is 355 g/mol. The van der Waals surface area contributed by atoms with Crippen molar-refractivity contribution in [1.29, 1.82) is 0 Å². The third-order valence-electron chi connectivity index (χ3n) is 3.77. The van der Waals surface area contributed by atoms with Crippen molar-refractivity contribution in [2.24, 2.45) is 0 Å². The highest BCUT2D eigenvalue weighted by Crippen LogP contribution is 2.08. The van der Waals surface area contributed by atoms with Crippen molar-refractivity contribution < 1.29 is 4.79 Å². The van der Waals surface area contributed by atoms with E-state index >= 15 is 0 Å². The van der Waals surface area contributed by atoms with Crippen LogP contribution in [0.25, 0.3) is 0 Å². The van der Waals surface area contributed by atoms with E-state index in [4.69, 9.17) is 0 Å². The second-order valence-electron chi connectivity index (χ2n) is 5.65. The molecule has 2 aromatic heterocycles. The number of aryl methyl sites for hydroxylation is 1. The van der Waals surface area contributed by atoms with Gasteiger partial charge in [0, 0.05) is 17.6 Å². The molecule has 7 heteroatoms. The first-order valence-corrected chi connectivity index (χ1v) is 8.61. The summed E-state index contributed by atoms with van der Waals surface area (Å²) in [5, 5.41) is 4.58. The largest absolute Gasteiger partial charge is 0.348 e. The number of carbonyl (C=O) groups excluding carboxylic acids is 1. The first-order chi connectivity index (χ1) is 12.0. The van der Waals surface area contributed by atoms with E-state index in [2.05, 4.69) is 10.3 Å². The molecule has 0 aliphatic heterocycles. The van der Waals surface area contributed by atoms with Gasteiger partial charge in [0.15, 0.2) is 0 Å². The lowest BCUT2D eigenvalue weighted by molar-refractivity contribution is 0.0948. The number of nitrogens with zero attached hydrogens (tertiary/aromatic N) is 1. The number of H-pyrrole nitrogens is 1. The van der Waals surface area contributed by atoms with E-state index in [0.717, 1.165) is 20.6 Å². The number of hydrogen-bond acceptors (Lipinski definition) is 4. The Labute approximate surface area is 147 Å². The Balaban J connectivity index is 1.79. The second kappa shape index (κ2) is 7.31. The minimum absolute atomic E-state index is 0.0803. The van der Waals surface area contributed by atoms with Gasteiger partial charge in [0.1, 0.15) is 5.56 Å². The van der Waals surface area contributed by atoms with E-state index in [1.807, 2.05) is 48.7 Å². The SMILES string of the molecule is Cc1ccc(CNC(=O)c2c[nH]c(=O)n(Cc3cccs3)c2=O)cc1. The maximum Gasteiger partial charge on any atom is 0.328 e. The molecule has 1 aromatic carbocycles. The quantitative estimate of drug-likeness (QED) is 0.733. The fraction of sp³-hybridized carbons (Fsp3) is 0.167. The van der Waals surface area contributed by atoms with Gasteiger partial charge in [-0.2, -0.15) is 0 Å². The van der Waals surface area contributed by atoms with Crippen LogP contribution < -0.4 is 16.6 Å². The molecule has 0 saturated heterocycles. The summed E-state index contributed by atoms with van der Waals surface area (Å²) >= 11 is 1.45. The summed E-state index contributed by atoms with van der Waals surface area (Å²) in [5.74, 6) is -0.512. The normalized spacial score (nSPS) is 10.6. The third kappa shape index (κ3) is 3.95. The fourth-order valence-corrected chi connectivity index (χ4v) is 3.05. The number of rotatable bonds is 5. The fourth-order valence-electron chi connectivity index (χ4n) is 2.36. The number of aromatic nitrogens is 2. The van der Waals surface area contributed by atoms with E-state index in [9.17, 15) is 14.4 Å². The van der Waals surface area contributed by atoms with Gasteiger partial charge in [-0.15, -0.1) is 11.3 Å². The van der Waals surface area contributed by atoms with E-state index in [1.54, 1.807) is 0 Å². The Bertz CT molecular complexity index is 986. The highest BCUT2D eigenvalue weighted by atomic mass is 32.1. The molecule has 0 fully saturated rings. The molecular formula is C18H17N3O3S. The van der Waals surface area contributed by atoms with Crippen LogP contribution in [0.5, 0.6) is 0 Å². The molecule has 0 radical (unpaired) electrons. The van der Waals surface area contributed by atoms with Crippen molar-refractivity contribution >= 4 is 17.2 Å². The van der Waals surface area contributed by atoms with Crippen LogP contribution in [-0.4, -0.2) is 15.5 Å². The van der Waals surface area contributed by atoms with E-state index < -0.39 is 17.2 Å². The Kier molecular flexibility index (Phi) is 4.95. The molecule has 25 heavy (non-hydrogen) atoms. The van der Waals surface area contributed by atoms with Crippen LogP contribution in [0, 0.1) is 6.92 Å². The van der Waals surface area contributed by atoms with Gasteiger partial charge in [0.25, 0.3) is 11.5 Å². The predicted molar refractivity (Wildman–Crippen MR) is 97.1 cm³/mol. The lowest BCUT2D eigenvalue weighted by atomic mass is 10.1. The van der Waals surface area contributed by atoms with Crippen molar-refractivity contribution in [3.63, 3.8) is 0 Å². The van der Waals surface area contributed by atoms with Gasteiger partial charge in [-0.25, -0.2) is 4.79 Å². The zero-order chi connectivity index (χ0) is 17.8. The molecule has 128 valence electrons. The summed E-state index contributed by atoms with van der Waals surface area (Å²) in [6.07, 6.45) is 1.17. The lowest BCUT2D eigenvalue weighted by Crippen LogP contribution is -2.40. The van der Waals surface area contributed by atoms with E-state index in [0.29, 0.717) is 6.54 Å². The molecule has 3 rings (SSSR count). The van der Waals surface area contributed by atoms with Gasteiger partial charge in [-0.3, -0.25) is 14.2 Å². The molecule has 1 amide bonds. The average molecular weight is 355 g/mol. The number of thiophene rings is 1. The summed E-state index contributed by atoms with van der Waals surface area (Å²) < 4.78 is 1.03. The van der Waals surface area contributed by atoms with Gasteiger partial charge in [0.05, 0.1) is 6.54 Å². The Morgan fingerprint density at radius 1 is 1.20 bits per heavy atom. The van der Waals surface area contributed by atoms with Crippen LogP contribution in [0.1, 0.15) is 26.4 Å². The van der Waals surface area contributed by atoms with Gasteiger partial charge >= 0.3 is 5.69 Å². The van der Waals surface area contributed by atoms with Gasteiger partial charge in [-0.05, 0) is 23.9 Å². The van der Waals surface area contributed by atoms with Crippen LogP contribution in [0.15, 0.2) is 57.6 Å².